The first-order valence-electron chi connectivity index (χ1n) is 5.10. The lowest BCUT2D eigenvalue weighted by Gasteiger charge is -2.16. The fraction of sp³-hybridized carbons (Fsp3) is 1.00. The zero-order valence-electron chi connectivity index (χ0n) is 8.36. The van der Waals surface area contributed by atoms with Crippen molar-refractivity contribution in [2.24, 2.45) is 11.8 Å². The molecule has 1 aliphatic carbocycles. The summed E-state index contributed by atoms with van der Waals surface area (Å²) in [6.45, 7) is 7.66. The van der Waals surface area contributed by atoms with Gasteiger partial charge in [0.25, 0.3) is 0 Å². The summed E-state index contributed by atoms with van der Waals surface area (Å²) >= 11 is 0. The lowest BCUT2D eigenvalue weighted by molar-refractivity contribution is 0.155. The number of hydrogen-bond donors (Lipinski definition) is 1. The quantitative estimate of drug-likeness (QED) is 0.593. The topological polar surface area (TPSA) is 12.0 Å². The Bertz CT molecular complexity index is 149. The molecular formula is C10H20FN. The van der Waals surface area contributed by atoms with Gasteiger partial charge in [0.15, 0.2) is 0 Å². The van der Waals surface area contributed by atoms with Crippen molar-refractivity contribution in [1.82, 2.24) is 5.32 Å². The van der Waals surface area contributed by atoms with Crippen molar-refractivity contribution in [3.63, 3.8) is 0 Å². The van der Waals surface area contributed by atoms with E-state index in [1.807, 2.05) is 13.8 Å². The van der Waals surface area contributed by atoms with Gasteiger partial charge in [-0.25, -0.2) is 4.39 Å². The van der Waals surface area contributed by atoms with Gasteiger partial charge in [0, 0.05) is 19.0 Å². The molecule has 3 atom stereocenters. The smallest absolute Gasteiger partial charge is 0.127 e. The van der Waals surface area contributed by atoms with E-state index in [2.05, 4.69) is 12.2 Å². The molecule has 1 saturated carbocycles. The van der Waals surface area contributed by atoms with Crippen LogP contribution < -0.4 is 5.32 Å². The molecule has 0 aromatic heterocycles. The average molecular weight is 173 g/mol. The van der Waals surface area contributed by atoms with Crippen molar-refractivity contribution in [3.8, 4) is 0 Å². The van der Waals surface area contributed by atoms with Crippen LogP contribution in [0.4, 0.5) is 4.39 Å². The molecule has 2 aliphatic rings. The summed E-state index contributed by atoms with van der Waals surface area (Å²) in [6, 6.07) is 0. The monoisotopic (exact) mass is 173 g/mol. The van der Waals surface area contributed by atoms with Gasteiger partial charge in [-0.1, -0.05) is 20.8 Å². The molecule has 2 rings (SSSR count). The molecule has 3 unspecified atom stereocenters. The molecule has 1 N–H and O–H groups in total. The van der Waals surface area contributed by atoms with E-state index < -0.39 is 5.67 Å². The molecule has 1 aliphatic heterocycles. The molecule has 2 heteroatoms. The van der Waals surface area contributed by atoms with Crippen LogP contribution >= 0.6 is 0 Å². The van der Waals surface area contributed by atoms with Crippen LogP contribution in [-0.2, 0) is 0 Å². The lowest BCUT2D eigenvalue weighted by atomic mass is 9.97. The molecular weight excluding hydrogens is 153 g/mol. The van der Waals surface area contributed by atoms with Crippen LogP contribution in [0.3, 0.4) is 0 Å². The third-order valence-corrected chi connectivity index (χ3v) is 2.92. The van der Waals surface area contributed by atoms with Crippen molar-refractivity contribution in [3.05, 3.63) is 0 Å². The minimum Gasteiger partial charge on any atom is -0.313 e. The Morgan fingerprint density at radius 1 is 1.42 bits per heavy atom. The first kappa shape index (κ1) is 9.97. The number of rotatable bonds is 0. The maximum Gasteiger partial charge on any atom is 0.127 e. The zero-order chi connectivity index (χ0) is 9.19. The summed E-state index contributed by atoms with van der Waals surface area (Å²) in [5.41, 5.74) is -0.834. The van der Waals surface area contributed by atoms with Gasteiger partial charge in [0.1, 0.15) is 5.67 Å². The second-order valence-corrected chi connectivity index (χ2v) is 3.91. The molecule has 0 aromatic carbocycles. The van der Waals surface area contributed by atoms with E-state index in [0.29, 0.717) is 18.4 Å². The minimum absolute atomic E-state index is 0.322. The maximum absolute atomic E-state index is 13.7. The highest BCUT2D eigenvalue weighted by Crippen LogP contribution is 2.44. The van der Waals surface area contributed by atoms with Crippen LogP contribution in [-0.4, -0.2) is 18.8 Å². The van der Waals surface area contributed by atoms with Gasteiger partial charge in [-0.2, -0.15) is 0 Å². The molecule has 72 valence electrons. The number of halogens is 1. The van der Waals surface area contributed by atoms with E-state index >= 15 is 0 Å². The number of hydrogen-bond acceptors (Lipinski definition) is 1. The van der Waals surface area contributed by atoms with E-state index in [1.165, 1.54) is 0 Å². The van der Waals surface area contributed by atoms with Crippen molar-refractivity contribution in [2.75, 3.05) is 13.1 Å². The Kier molecular flexibility index (Phi) is 3.10. The van der Waals surface area contributed by atoms with Gasteiger partial charge >= 0.3 is 0 Å². The van der Waals surface area contributed by atoms with Crippen LogP contribution in [0.15, 0.2) is 0 Å². The van der Waals surface area contributed by atoms with Gasteiger partial charge in [0.2, 0.25) is 0 Å². The van der Waals surface area contributed by atoms with Gasteiger partial charge in [0.05, 0.1) is 0 Å². The molecule has 12 heavy (non-hydrogen) atoms. The highest BCUT2D eigenvalue weighted by atomic mass is 19.1. The van der Waals surface area contributed by atoms with Gasteiger partial charge in [-0.05, 0) is 18.8 Å². The number of nitrogens with one attached hydrogen (secondary N) is 1. The third kappa shape index (κ3) is 1.63. The van der Waals surface area contributed by atoms with Gasteiger partial charge in [-0.15, -0.1) is 0 Å². The lowest BCUT2D eigenvalue weighted by Crippen LogP contribution is -2.27. The van der Waals surface area contributed by atoms with E-state index in [1.54, 1.807) is 0 Å². The Hall–Kier alpha value is -0.110. The third-order valence-electron chi connectivity index (χ3n) is 2.92. The highest BCUT2D eigenvalue weighted by Gasteiger charge is 2.49. The second kappa shape index (κ2) is 3.73. The van der Waals surface area contributed by atoms with Crippen LogP contribution in [0.1, 0.15) is 33.6 Å². The summed E-state index contributed by atoms with van der Waals surface area (Å²) in [6.07, 6.45) is 1.87. The van der Waals surface area contributed by atoms with E-state index in [4.69, 9.17) is 0 Å². The average Bonchev–Trinajstić information content (AvgIpc) is 2.46. The predicted molar refractivity (Wildman–Crippen MR) is 49.9 cm³/mol. The summed E-state index contributed by atoms with van der Waals surface area (Å²) in [5.74, 6) is 0.930. The van der Waals surface area contributed by atoms with E-state index in [9.17, 15) is 4.39 Å². The molecule has 2 fully saturated rings. The van der Waals surface area contributed by atoms with Crippen LogP contribution in [0.5, 0.6) is 0 Å². The van der Waals surface area contributed by atoms with Crippen molar-refractivity contribution in [2.45, 2.75) is 39.3 Å². The van der Waals surface area contributed by atoms with Crippen molar-refractivity contribution in [1.29, 1.82) is 0 Å². The van der Waals surface area contributed by atoms with Crippen LogP contribution in [0.25, 0.3) is 0 Å². The predicted octanol–water partition coefficient (Wildman–Crippen LogP) is 2.37. The zero-order valence-corrected chi connectivity index (χ0v) is 8.36. The van der Waals surface area contributed by atoms with Crippen molar-refractivity contribution < 1.29 is 4.39 Å². The van der Waals surface area contributed by atoms with Crippen LogP contribution in [0, 0.1) is 11.8 Å². The first-order chi connectivity index (χ1) is 5.71. The Labute approximate surface area is 74.7 Å². The summed E-state index contributed by atoms with van der Waals surface area (Å²) in [5, 5.41) is 3.11. The normalized spacial score (nSPS) is 45.0. The molecule has 0 radical (unpaired) electrons. The molecule has 0 bridgehead atoms. The minimum atomic E-state index is -0.834. The molecule has 0 amide bonds. The second-order valence-electron chi connectivity index (χ2n) is 3.91. The fourth-order valence-electron chi connectivity index (χ4n) is 2.46. The van der Waals surface area contributed by atoms with Crippen LogP contribution in [0.2, 0.25) is 0 Å². The van der Waals surface area contributed by atoms with Crippen molar-refractivity contribution >= 4 is 0 Å². The van der Waals surface area contributed by atoms with Gasteiger partial charge < -0.3 is 5.32 Å². The van der Waals surface area contributed by atoms with E-state index in [0.717, 1.165) is 19.4 Å². The number of fused-ring (bicyclic) bond motifs is 1. The Morgan fingerprint density at radius 3 is 2.67 bits per heavy atom. The summed E-state index contributed by atoms with van der Waals surface area (Å²) in [4.78, 5) is 0. The molecule has 1 saturated heterocycles. The molecule has 1 heterocycles. The molecule has 1 nitrogen and oxygen atoms in total. The number of alkyl halides is 1. The Morgan fingerprint density at radius 2 is 2.08 bits per heavy atom. The van der Waals surface area contributed by atoms with E-state index in [-0.39, 0.29) is 0 Å². The maximum atomic E-state index is 13.7. The summed E-state index contributed by atoms with van der Waals surface area (Å²) < 4.78 is 13.7. The summed E-state index contributed by atoms with van der Waals surface area (Å²) in [7, 11) is 0. The van der Waals surface area contributed by atoms with Gasteiger partial charge in [-0.3, -0.25) is 0 Å². The largest absolute Gasteiger partial charge is 0.313 e. The SMILES string of the molecule is CC.CC1CC2CNCC2(F)C1. The highest BCUT2D eigenvalue weighted by molar-refractivity contribution is 5.02. The molecule has 0 spiro atoms. The molecule has 0 aromatic rings. The fourth-order valence-corrected chi connectivity index (χ4v) is 2.46. The standard InChI is InChI=1S/C8H14FN.C2H6/c1-6-2-7-4-10-5-8(7,9)3-6;1-2/h6-7,10H,2-5H2,1H3;1-2H3. The first-order valence-corrected chi connectivity index (χ1v) is 5.10. The Balaban J connectivity index is 0.000000336.